The number of ketones is 2. The third-order valence-corrected chi connectivity index (χ3v) is 9.45. The summed E-state index contributed by atoms with van der Waals surface area (Å²) in [6, 6.07) is 8.78. The van der Waals surface area contributed by atoms with Crippen LogP contribution in [0.5, 0.6) is 11.5 Å². The zero-order valence-electron chi connectivity index (χ0n) is 23.7. The van der Waals surface area contributed by atoms with Crippen molar-refractivity contribution >= 4 is 44.9 Å². The van der Waals surface area contributed by atoms with E-state index in [0.29, 0.717) is 47.4 Å². The van der Waals surface area contributed by atoms with E-state index >= 15 is 0 Å². The van der Waals surface area contributed by atoms with Crippen molar-refractivity contribution in [3.05, 3.63) is 74.5 Å². The van der Waals surface area contributed by atoms with Gasteiger partial charge in [-0.3, -0.25) is 9.59 Å². The number of ether oxygens (including phenoxy) is 1. The molecule has 3 aliphatic rings. The first kappa shape index (κ1) is 29.7. The number of allylic oxidation sites excluding steroid dienone is 4. The van der Waals surface area contributed by atoms with Gasteiger partial charge in [0.2, 0.25) is 5.75 Å². The first-order chi connectivity index (χ1) is 19.1. The van der Waals surface area contributed by atoms with Crippen molar-refractivity contribution in [2.24, 2.45) is 10.8 Å². The minimum absolute atomic E-state index is 0.0153. The maximum Gasteiger partial charge on any atom is 0.339 e. The standard InChI is InChI=1S/C31H33Cl2NO6S/c1-6-39-25-12-17(11-20(33)29(25)40-41(37,38)19-9-7-18(32)8-10-19)26-27-21(13-30(2,3)15-23(27)35)34-22-14-31(4,5)16-24(36)28(22)26/h7-12,26,34H,6,13-16H2,1-5H3. The lowest BCUT2D eigenvalue weighted by Gasteiger charge is -2.44. The first-order valence-corrected chi connectivity index (χ1v) is 15.7. The molecule has 2 aromatic carbocycles. The number of carbonyl (C=O) groups is 2. The second-order valence-corrected chi connectivity index (χ2v) is 14.9. The third-order valence-electron chi connectivity index (χ3n) is 7.68. The minimum atomic E-state index is -4.27. The number of halogens is 2. The molecule has 218 valence electrons. The maximum atomic E-state index is 13.7. The summed E-state index contributed by atoms with van der Waals surface area (Å²) in [6.07, 6.45) is 2.00. The molecule has 0 saturated heterocycles. The molecule has 2 aromatic rings. The monoisotopic (exact) mass is 617 g/mol. The smallest absolute Gasteiger partial charge is 0.339 e. The largest absolute Gasteiger partial charge is 0.490 e. The Kier molecular flexibility index (Phi) is 7.58. The fourth-order valence-corrected chi connectivity index (χ4v) is 7.47. The second kappa shape index (κ2) is 10.5. The maximum absolute atomic E-state index is 13.7. The van der Waals surface area contributed by atoms with Crippen molar-refractivity contribution in [1.82, 2.24) is 5.32 Å². The van der Waals surface area contributed by atoms with E-state index in [1.54, 1.807) is 19.1 Å². The number of carbonyl (C=O) groups excluding carboxylic acids is 2. The molecule has 0 bridgehead atoms. The summed E-state index contributed by atoms with van der Waals surface area (Å²) in [5, 5.41) is 3.85. The molecule has 0 amide bonds. The molecule has 0 fully saturated rings. The molecule has 0 saturated carbocycles. The fourth-order valence-electron chi connectivity index (χ4n) is 6.08. The van der Waals surface area contributed by atoms with Crippen molar-refractivity contribution in [1.29, 1.82) is 0 Å². The highest BCUT2D eigenvalue weighted by Gasteiger charge is 2.46. The fraction of sp³-hybridized carbons (Fsp3) is 0.419. The summed E-state index contributed by atoms with van der Waals surface area (Å²) in [5.74, 6) is -0.790. The van der Waals surface area contributed by atoms with Gasteiger partial charge in [0, 0.05) is 46.3 Å². The number of Topliss-reactive ketones (excluding diaryl/α,β-unsaturated/α-hetero) is 2. The van der Waals surface area contributed by atoms with Gasteiger partial charge in [-0.2, -0.15) is 8.42 Å². The molecule has 0 unspecified atom stereocenters. The van der Waals surface area contributed by atoms with Crippen molar-refractivity contribution in [3.63, 3.8) is 0 Å². The SMILES string of the molecule is CCOc1cc(C2C3=C(CC(C)(C)CC3=O)NC3=C2C(=O)CC(C)(C)C3)cc(Cl)c1OS(=O)(=O)c1ccc(Cl)cc1. The van der Waals surface area contributed by atoms with Gasteiger partial charge >= 0.3 is 10.1 Å². The van der Waals surface area contributed by atoms with Crippen LogP contribution in [-0.4, -0.2) is 26.6 Å². The molecule has 7 nitrogen and oxygen atoms in total. The summed E-state index contributed by atoms with van der Waals surface area (Å²) in [7, 11) is -4.27. The van der Waals surface area contributed by atoms with Gasteiger partial charge in [0.05, 0.1) is 11.6 Å². The van der Waals surface area contributed by atoms with Crippen LogP contribution in [0, 0.1) is 10.8 Å². The van der Waals surface area contributed by atoms with Crippen LogP contribution in [0.1, 0.15) is 71.8 Å². The van der Waals surface area contributed by atoms with Crippen LogP contribution in [0.3, 0.4) is 0 Å². The molecule has 0 spiro atoms. The Morgan fingerprint density at radius 1 is 0.878 bits per heavy atom. The van der Waals surface area contributed by atoms with Crippen LogP contribution in [0.15, 0.2) is 63.8 Å². The Labute approximate surface area is 251 Å². The molecule has 5 rings (SSSR count). The Balaban J connectivity index is 1.65. The van der Waals surface area contributed by atoms with Gasteiger partial charge in [-0.15, -0.1) is 0 Å². The van der Waals surface area contributed by atoms with E-state index in [1.807, 2.05) is 0 Å². The Morgan fingerprint density at radius 3 is 1.93 bits per heavy atom. The van der Waals surface area contributed by atoms with Crippen LogP contribution < -0.4 is 14.2 Å². The number of nitrogens with one attached hydrogen (secondary N) is 1. The average Bonchev–Trinajstić information content (AvgIpc) is 2.83. The van der Waals surface area contributed by atoms with Crippen LogP contribution in [-0.2, 0) is 19.7 Å². The van der Waals surface area contributed by atoms with Gasteiger partial charge in [0.25, 0.3) is 0 Å². The van der Waals surface area contributed by atoms with Crippen LogP contribution in [0.25, 0.3) is 0 Å². The van der Waals surface area contributed by atoms with Gasteiger partial charge in [-0.25, -0.2) is 0 Å². The molecule has 2 aliphatic carbocycles. The molecule has 1 aliphatic heterocycles. The zero-order valence-corrected chi connectivity index (χ0v) is 26.0. The predicted molar refractivity (Wildman–Crippen MR) is 158 cm³/mol. The van der Waals surface area contributed by atoms with Gasteiger partial charge in [-0.1, -0.05) is 50.9 Å². The molecule has 0 aromatic heterocycles. The molecule has 10 heteroatoms. The number of rotatable bonds is 6. The Morgan fingerprint density at radius 2 is 1.41 bits per heavy atom. The molecular weight excluding hydrogens is 585 g/mol. The highest BCUT2D eigenvalue weighted by atomic mass is 35.5. The molecule has 0 radical (unpaired) electrons. The Hall–Kier alpha value is -2.81. The molecular formula is C31H33Cl2NO6S. The zero-order chi connectivity index (χ0) is 29.9. The van der Waals surface area contributed by atoms with E-state index in [2.05, 4.69) is 33.0 Å². The van der Waals surface area contributed by atoms with Crippen molar-refractivity contribution in [2.75, 3.05) is 6.61 Å². The highest BCUT2D eigenvalue weighted by Crippen LogP contribution is 2.52. The van der Waals surface area contributed by atoms with Crippen molar-refractivity contribution < 1.29 is 26.9 Å². The highest BCUT2D eigenvalue weighted by molar-refractivity contribution is 7.87. The van der Waals surface area contributed by atoms with E-state index < -0.39 is 16.0 Å². The van der Waals surface area contributed by atoms with E-state index in [4.69, 9.17) is 32.1 Å². The number of hydrogen-bond acceptors (Lipinski definition) is 7. The number of benzene rings is 2. The second-order valence-electron chi connectivity index (χ2n) is 12.5. The average molecular weight is 619 g/mol. The molecule has 41 heavy (non-hydrogen) atoms. The third kappa shape index (κ3) is 5.79. The summed E-state index contributed by atoms with van der Waals surface area (Å²) < 4.78 is 37.5. The summed E-state index contributed by atoms with van der Waals surface area (Å²) in [6.45, 7) is 10.2. The number of hydrogen-bond donors (Lipinski definition) is 1. The molecule has 0 atom stereocenters. The normalized spacial score (nSPS) is 20.4. The molecule has 1 heterocycles. The minimum Gasteiger partial charge on any atom is -0.490 e. The lowest BCUT2D eigenvalue weighted by molar-refractivity contribution is -0.119. The summed E-state index contributed by atoms with van der Waals surface area (Å²) in [5.41, 5.74) is 2.84. The van der Waals surface area contributed by atoms with Gasteiger partial charge < -0.3 is 14.2 Å². The van der Waals surface area contributed by atoms with Crippen LogP contribution in [0.2, 0.25) is 10.0 Å². The molecule has 1 N–H and O–H groups in total. The van der Waals surface area contributed by atoms with E-state index in [1.165, 1.54) is 24.3 Å². The van der Waals surface area contributed by atoms with E-state index in [-0.39, 0.29) is 50.4 Å². The van der Waals surface area contributed by atoms with Crippen LogP contribution in [0.4, 0.5) is 0 Å². The number of dihydropyridines is 1. The topological polar surface area (TPSA) is 98.8 Å². The summed E-state index contributed by atoms with van der Waals surface area (Å²) >= 11 is 12.6. The van der Waals surface area contributed by atoms with Crippen LogP contribution >= 0.6 is 23.2 Å². The summed E-state index contributed by atoms with van der Waals surface area (Å²) in [4.78, 5) is 27.2. The predicted octanol–water partition coefficient (Wildman–Crippen LogP) is 7.13. The first-order valence-electron chi connectivity index (χ1n) is 13.6. The quantitative estimate of drug-likeness (QED) is 0.344. The van der Waals surface area contributed by atoms with E-state index in [0.717, 1.165) is 11.4 Å². The lowest BCUT2D eigenvalue weighted by Crippen LogP contribution is -2.42. The van der Waals surface area contributed by atoms with Gasteiger partial charge in [-0.05, 0) is 72.6 Å². The lowest BCUT2D eigenvalue weighted by atomic mass is 9.64. The van der Waals surface area contributed by atoms with Crippen molar-refractivity contribution in [3.8, 4) is 11.5 Å². The van der Waals surface area contributed by atoms with E-state index in [9.17, 15) is 18.0 Å². The van der Waals surface area contributed by atoms with Crippen molar-refractivity contribution in [2.45, 2.75) is 71.1 Å². The Bertz CT molecular complexity index is 1570. The van der Waals surface area contributed by atoms with Gasteiger partial charge in [0.1, 0.15) is 4.90 Å². The van der Waals surface area contributed by atoms with Gasteiger partial charge in [0.15, 0.2) is 17.3 Å².